The first kappa shape index (κ1) is 18.2. The van der Waals surface area contributed by atoms with Gasteiger partial charge in [-0.25, -0.2) is 0 Å². The Morgan fingerprint density at radius 3 is 1.86 bits per heavy atom. The highest BCUT2D eigenvalue weighted by atomic mass is 16.8. The highest BCUT2D eigenvalue weighted by Gasteiger charge is 2.23. The van der Waals surface area contributed by atoms with Crippen LogP contribution >= 0.6 is 0 Å². The summed E-state index contributed by atoms with van der Waals surface area (Å²) < 4.78 is 0. The average Bonchev–Trinajstić information content (AvgIpc) is 2.36. The molecule has 8 heteroatoms. The van der Waals surface area contributed by atoms with Crippen LogP contribution in [0.25, 0.3) is 0 Å². The molecule has 0 aliphatic carbocycles. The molecule has 22 heavy (non-hydrogen) atoms. The van der Waals surface area contributed by atoms with Crippen LogP contribution in [-0.2, 0) is 0 Å². The largest absolute Gasteiger partial charge is 0.769 e. The molecule has 2 N–H and O–H groups in total. The van der Waals surface area contributed by atoms with Crippen LogP contribution in [-0.4, -0.2) is 33.3 Å². The van der Waals surface area contributed by atoms with E-state index < -0.39 is 11.1 Å². The molecule has 0 spiro atoms. The van der Waals surface area contributed by atoms with Crippen molar-refractivity contribution in [3.8, 4) is 0 Å². The second-order valence-electron chi connectivity index (χ2n) is 5.59. The lowest BCUT2D eigenvalue weighted by atomic mass is 10.0. The summed E-state index contributed by atoms with van der Waals surface area (Å²) in [5.74, 6) is -0.406. The van der Waals surface area contributed by atoms with Gasteiger partial charge in [-0.05, 0) is 52.3 Å². The van der Waals surface area contributed by atoms with E-state index in [1.807, 2.05) is 27.7 Å². The van der Waals surface area contributed by atoms with Crippen molar-refractivity contribution in [2.45, 2.75) is 46.7 Å². The van der Waals surface area contributed by atoms with Gasteiger partial charge in [0.1, 0.15) is 0 Å². The van der Waals surface area contributed by atoms with Crippen LogP contribution in [0.15, 0.2) is 12.1 Å². The minimum Gasteiger partial charge on any atom is -0.769 e. The molecule has 0 atom stereocenters. The molecular formula is C14H21N3O5-2. The molecule has 1 amide bonds. The predicted molar refractivity (Wildman–Crippen MR) is 82.9 cm³/mol. The van der Waals surface area contributed by atoms with Crippen molar-refractivity contribution in [1.82, 2.24) is 4.90 Å². The van der Waals surface area contributed by atoms with Crippen molar-refractivity contribution in [1.29, 1.82) is 0 Å². The minimum absolute atomic E-state index is 0.0304. The van der Waals surface area contributed by atoms with E-state index >= 15 is 0 Å². The van der Waals surface area contributed by atoms with Gasteiger partial charge in [0.05, 0.1) is 5.69 Å². The number of rotatable bonds is 5. The molecule has 0 aliphatic rings. The summed E-state index contributed by atoms with van der Waals surface area (Å²) in [7, 11) is 0. The Balaban J connectivity index is 3.44. The molecule has 0 aromatic heterocycles. The first-order chi connectivity index (χ1) is 10.1. The summed E-state index contributed by atoms with van der Waals surface area (Å²) in [4.78, 5) is 14.2. The van der Waals surface area contributed by atoms with E-state index in [1.54, 1.807) is 4.90 Å². The van der Waals surface area contributed by atoms with Gasteiger partial charge in [0, 0.05) is 23.3 Å². The number of carbonyl (C=O) groups is 1. The lowest BCUT2D eigenvalue weighted by molar-refractivity contribution is 0.0288. The average molecular weight is 311 g/mol. The van der Waals surface area contributed by atoms with Crippen molar-refractivity contribution in [2.75, 3.05) is 10.5 Å². The van der Waals surface area contributed by atoms with Crippen molar-refractivity contribution < 1.29 is 15.2 Å². The van der Waals surface area contributed by atoms with Crippen LogP contribution < -0.4 is 10.5 Å². The Hall–Kier alpha value is -1.87. The lowest BCUT2D eigenvalue weighted by Crippen LogP contribution is -2.42. The quantitative estimate of drug-likeness (QED) is 0.803. The van der Waals surface area contributed by atoms with Gasteiger partial charge in [0.15, 0.2) is 0 Å². The smallest absolute Gasteiger partial charge is 0.254 e. The molecule has 1 aromatic carbocycles. The van der Waals surface area contributed by atoms with Gasteiger partial charge in [-0.3, -0.25) is 15.2 Å². The van der Waals surface area contributed by atoms with Crippen LogP contribution in [0.1, 0.15) is 43.6 Å². The van der Waals surface area contributed by atoms with Gasteiger partial charge in [0.2, 0.25) is 0 Å². The van der Waals surface area contributed by atoms with Crippen LogP contribution in [0.2, 0.25) is 0 Å². The maximum Gasteiger partial charge on any atom is 0.254 e. The lowest BCUT2D eigenvalue weighted by Gasteiger charge is -2.40. The summed E-state index contributed by atoms with van der Waals surface area (Å²) in [5, 5.41) is 39.8. The molecule has 1 rings (SSSR count). The van der Waals surface area contributed by atoms with Crippen molar-refractivity contribution in [3.05, 3.63) is 33.7 Å². The first-order valence-electron chi connectivity index (χ1n) is 6.87. The van der Waals surface area contributed by atoms with E-state index in [2.05, 4.69) is 0 Å². The van der Waals surface area contributed by atoms with Gasteiger partial charge >= 0.3 is 0 Å². The molecule has 0 heterocycles. The number of hydrogen-bond donors (Lipinski definition) is 2. The number of carbonyl (C=O) groups excluding carboxylic acids is 1. The summed E-state index contributed by atoms with van der Waals surface area (Å²) in [6.07, 6.45) is 0. The van der Waals surface area contributed by atoms with Crippen LogP contribution in [0.5, 0.6) is 0 Å². The zero-order valence-corrected chi connectivity index (χ0v) is 13.3. The number of hydrogen-bond acceptors (Lipinski definition) is 7. The maximum absolute atomic E-state index is 12.6. The zero-order valence-electron chi connectivity index (χ0n) is 13.3. The Labute approximate surface area is 129 Å². The van der Waals surface area contributed by atoms with Crippen LogP contribution in [0.3, 0.4) is 0 Å². The molecule has 0 fully saturated rings. The highest BCUT2D eigenvalue weighted by molar-refractivity contribution is 5.97. The SMILES string of the molecule is Cc1c(N([O-])[O-])cc(C(=O)N(C(C)C)C(C)C)cc1N(O)O. The van der Waals surface area contributed by atoms with E-state index in [-0.39, 0.29) is 39.8 Å². The molecule has 124 valence electrons. The Kier molecular flexibility index (Phi) is 5.72. The fraction of sp³-hybridized carbons (Fsp3) is 0.500. The number of anilines is 2. The summed E-state index contributed by atoms with van der Waals surface area (Å²) >= 11 is 0. The van der Waals surface area contributed by atoms with Crippen LogP contribution in [0.4, 0.5) is 11.4 Å². The summed E-state index contributed by atoms with van der Waals surface area (Å²) in [5.41, 5.74) is -0.457. The molecule has 0 bridgehead atoms. The normalized spacial score (nSPS) is 11.0. The molecule has 0 saturated carbocycles. The standard InChI is InChI=1S/C14H21N3O5/c1-8(2)15(9(3)4)14(18)11-6-12(16(19)20)10(5)13(7-11)17(21)22/h6-9,19-20H,1-5H3/q-2. The number of amides is 1. The molecule has 0 unspecified atom stereocenters. The fourth-order valence-electron chi connectivity index (χ4n) is 2.42. The number of benzene rings is 1. The second kappa shape index (κ2) is 6.93. The Morgan fingerprint density at radius 1 is 1.05 bits per heavy atom. The molecule has 8 nitrogen and oxygen atoms in total. The monoisotopic (exact) mass is 311 g/mol. The van der Waals surface area contributed by atoms with E-state index in [4.69, 9.17) is 0 Å². The van der Waals surface area contributed by atoms with Crippen molar-refractivity contribution in [2.24, 2.45) is 0 Å². The molecule has 0 radical (unpaired) electrons. The van der Waals surface area contributed by atoms with E-state index in [0.717, 1.165) is 6.07 Å². The Bertz CT molecular complexity index is 506. The van der Waals surface area contributed by atoms with Gasteiger partial charge < -0.3 is 20.5 Å². The zero-order chi connectivity index (χ0) is 17.2. The maximum atomic E-state index is 12.6. The van der Waals surface area contributed by atoms with Gasteiger partial charge in [-0.1, -0.05) is 0 Å². The third-order valence-electron chi connectivity index (χ3n) is 3.36. The third kappa shape index (κ3) is 3.66. The molecular weight excluding hydrogens is 290 g/mol. The summed E-state index contributed by atoms with van der Waals surface area (Å²) in [6.45, 7) is 8.74. The first-order valence-corrected chi connectivity index (χ1v) is 6.87. The van der Waals surface area contributed by atoms with Crippen LogP contribution in [0, 0.1) is 17.3 Å². The second-order valence-corrected chi connectivity index (χ2v) is 5.59. The molecule has 1 aromatic rings. The Morgan fingerprint density at radius 2 is 1.50 bits per heavy atom. The van der Waals surface area contributed by atoms with E-state index in [1.165, 1.54) is 13.0 Å². The predicted octanol–water partition coefficient (Wildman–Crippen LogP) is 2.64. The van der Waals surface area contributed by atoms with Gasteiger partial charge in [-0.2, -0.15) is 0 Å². The molecule has 0 aliphatic heterocycles. The van der Waals surface area contributed by atoms with Gasteiger partial charge in [0.25, 0.3) is 5.91 Å². The topological polar surface area (TPSA) is 113 Å². The van der Waals surface area contributed by atoms with Crippen molar-refractivity contribution >= 4 is 17.3 Å². The third-order valence-corrected chi connectivity index (χ3v) is 3.36. The molecule has 0 saturated heterocycles. The van der Waals surface area contributed by atoms with E-state index in [9.17, 15) is 25.6 Å². The highest BCUT2D eigenvalue weighted by Crippen LogP contribution is 2.31. The fourth-order valence-corrected chi connectivity index (χ4v) is 2.42. The summed E-state index contributed by atoms with van der Waals surface area (Å²) in [6, 6.07) is 2.18. The van der Waals surface area contributed by atoms with Crippen molar-refractivity contribution in [3.63, 3.8) is 0 Å². The minimum atomic E-state index is -0.659. The van der Waals surface area contributed by atoms with E-state index in [0.29, 0.717) is 0 Å². The van der Waals surface area contributed by atoms with Gasteiger partial charge in [-0.15, -0.1) is 5.23 Å². The number of nitrogens with zero attached hydrogens (tertiary/aromatic N) is 3.